The van der Waals surface area contributed by atoms with Gasteiger partial charge in [0.1, 0.15) is 0 Å². The average molecular weight is 392 g/mol. The molecule has 3 rings (SSSR count). The van der Waals surface area contributed by atoms with E-state index in [2.05, 4.69) is 5.48 Å². The van der Waals surface area contributed by atoms with Gasteiger partial charge in [-0.1, -0.05) is 66.7 Å². The van der Waals surface area contributed by atoms with Gasteiger partial charge in [-0.15, -0.1) is 0 Å². The van der Waals surface area contributed by atoms with Crippen molar-refractivity contribution >= 4 is 11.8 Å². The second-order valence-electron chi connectivity index (χ2n) is 6.04. The molecule has 3 N–H and O–H groups in total. The zero-order valence-electron chi connectivity index (χ0n) is 16.0. The zero-order valence-corrected chi connectivity index (χ0v) is 16.0. The van der Waals surface area contributed by atoms with Crippen molar-refractivity contribution in [1.29, 1.82) is 0 Å². The van der Waals surface area contributed by atoms with Gasteiger partial charge in [0, 0.05) is 11.1 Å². The van der Waals surface area contributed by atoms with Crippen molar-refractivity contribution < 1.29 is 19.6 Å². The number of hydrogen-bond donors (Lipinski definition) is 3. The fourth-order valence-corrected chi connectivity index (χ4v) is 2.39. The largest absolute Gasteiger partial charge is 0.288 e. The van der Waals surface area contributed by atoms with Crippen LogP contribution in [0.4, 0.5) is 0 Å². The number of hydroxylamine groups is 2. The highest BCUT2D eigenvalue weighted by molar-refractivity contribution is 5.97. The molecule has 0 unspecified atom stereocenters. The van der Waals surface area contributed by atoms with Gasteiger partial charge < -0.3 is 0 Å². The molecule has 0 aromatic heterocycles. The van der Waals surface area contributed by atoms with Crippen LogP contribution in [0.1, 0.15) is 32.7 Å². The van der Waals surface area contributed by atoms with E-state index in [1.54, 1.807) is 0 Å². The van der Waals surface area contributed by atoms with Crippen LogP contribution in [-0.4, -0.2) is 23.6 Å². The third kappa shape index (κ3) is 8.38. The maximum absolute atomic E-state index is 11.8. The lowest BCUT2D eigenvalue weighted by Crippen LogP contribution is -2.24. The van der Waals surface area contributed by atoms with Crippen LogP contribution in [0.15, 0.2) is 91.0 Å². The number of amides is 2. The molecular weight excluding hydrogens is 368 g/mol. The Morgan fingerprint density at radius 3 is 1.72 bits per heavy atom. The summed E-state index contributed by atoms with van der Waals surface area (Å²) in [5, 5.41) is 8.52. The number of benzene rings is 3. The van der Waals surface area contributed by atoms with Crippen molar-refractivity contribution in [2.75, 3.05) is 6.61 Å². The highest BCUT2D eigenvalue weighted by atomic mass is 16.6. The van der Waals surface area contributed by atoms with Crippen LogP contribution in [0.2, 0.25) is 0 Å². The van der Waals surface area contributed by atoms with Gasteiger partial charge in [0.15, 0.2) is 0 Å². The molecule has 0 atom stereocenters. The lowest BCUT2D eigenvalue weighted by molar-refractivity contribution is 0.0304. The number of carbonyl (C=O) groups excluding carboxylic acids is 2. The lowest BCUT2D eigenvalue weighted by atomic mass is 10.1. The molecule has 0 aliphatic carbocycles. The topological polar surface area (TPSA) is 87.7 Å². The molecule has 6 heteroatoms. The predicted octanol–water partition coefficient (Wildman–Crippen LogP) is 3.79. The Morgan fingerprint density at radius 1 is 0.724 bits per heavy atom. The standard InChI is InChI=1S/C17H18N2O4.C6H6/c20-16(18-22)14-8-10-15(11-9-14)17(21)19-23-12-4-7-13-5-2-1-3-6-13;1-2-4-6-5-3-1/h1-3,5-6,8-11,22H,4,7,12H2,(H,18,20)(H,19,21);1-6H. The van der Waals surface area contributed by atoms with Gasteiger partial charge in [0.2, 0.25) is 0 Å². The summed E-state index contributed by atoms with van der Waals surface area (Å²) in [5.41, 5.74) is 5.73. The van der Waals surface area contributed by atoms with Crippen LogP contribution < -0.4 is 11.0 Å². The first kappa shape index (κ1) is 21.8. The minimum absolute atomic E-state index is 0.257. The van der Waals surface area contributed by atoms with Crippen molar-refractivity contribution in [3.8, 4) is 0 Å². The van der Waals surface area contributed by atoms with Gasteiger partial charge >= 0.3 is 0 Å². The molecule has 6 nitrogen and oxygen atoms in total. The first-order valence-electron chi connectivity index (χ1n) is 9.21. The molecule has 0 radical (unpaired) electrons. The van der Waals surface area contributed by atoms with Gasteiger partial charge in [-0.05, 0) is 42.7 Å². The van der Waals surface area contributed by atoms with E-state index in [4.69, 9.17) is 10.0 Å². The van der Waals surface area contributed by atoms with E-state index in [9.17, 15) is 9.59 Å². The summed E-state index contributed by atoms with van der Waals surface area (Å²) in [5.74, 6) is -1.02. The summed E-state index contributed by atoms with van der Waals surface area (Å²) < 4.78 is 0. The Kier molecular flexibility index (Phi) is 9.65. The SMILES string of the molecule is O=C(NO)c1ccc(C(=O)NOCCCc2ccccc2)cc1.c1ccccc1. The Hall–Kier alpha value is -3.48. The highest BCUT2D eigenvalue weighted by Crippen LogP contribution is 2.05. The minimum Gasteiger partial charge on any atom is -0.288 e. The maximum atomic E-state index is 11.8. The second kappa shape index (κ2) is 12.8. The van der Waals surface area contributed by atoms with Crippen molar-refractivity contribution in [2.45, 2.75) is 12.8 Å². The van der Waals surface area contributed by atoms with Crippen molar-refractivity contribution in [3.63, 3.8) is 0 Å². The number of rotatable bonds is 7. The first-order valence-corrected chi connectivity index (χ1v) is 9.21. The molecule has 0 saturated carbocycles. The molecule has 0 spiro atoms. The predicted molar refractivity (Wildman–Crippen MR) is 110 cm³/mol. The Balaban J connectivity index is 0.000000426. The molecule has 0 fully saturated rings. The number of hydrogen-bond acceptors (Lipinski definition) is 4. The van der Waals surface area contributed by atoms with E-state index in [-0.39, 0.29) is 11.5 Å². The average Bonchev–Trinajstić information content (AvgIpc) is 2.80. The Morgan fingerprint density at radius 2 is 1.21 bits per heavy atom. The third-order valence-corrected chi connectivity index (χ3v) is 3.90. The van der Waals surface area contributed by atoms with E-state index in [1.807, 2.05) is 66.7 Å². The molecule has 0 bridgehead atoms. The van der Waals surface area contributed by atoms with Gasteiger partial charge in [-0.25, -0.2) is 11.0 Å². The molecule has 0 aliphatic rings. The number of aryl methyl sites for hydroxylation is 1. The third-order valence-electron chi connectivity index (χ3n) is 3.90. The van der Waals surface area contributed by atoms with E-state index < -0.39 is 5.91 Å². The van der Waals surface area contributed by atoms with E-state index in [0.717, 1.165) is 12.8 Å². The van der Waals surface area contributed by atoms with Crippen LogP contribution in [0.5, 0.6) is 0 Å². The summed E-state index contributed by atoms with van der Waals surface area (Å²) in [7, 11) is 0. The summed E-state index contributed by atoms with van der Waals surface area (Å²) in [6.07, 6.45) is 1.67. The van der Waals surface area contributed by atoms with Gasteiger partial charge in [-0.3, -0.25) is 19.6 Å². The fourth-order valence-electron chi connectivity index (χ4n) is 2.39. The molecule has 0 aliphatic heterocycles. The summed E-state index contributed by atoms with van der Waals surface area (Å²) in [6, 6.07) is 27.9. The molecular formula is C23H24N2O4. The van der Waals surface area contributed by atoms with Crippen LogP contribution in [0.3, 0.4) is 0 Å². The van der Waals surface area contributed by atoms with Crippen molar-refractivity contribution in [1.82, 2.24) is 11.0 Å². The van der Waals surface area contributed by atoms with Gasteiger partial charge in [0.05, 0.1) is 6.61 Å². The highest BCUT2D eigenvalue weighted by Gasteiger charge is 2.08. The summed E-state index contributed by atoms with van der Waals surface area (Å²) in [4.78, 5) is 28.2. The quantitative estimate of drug-likeness (QED) is 0.324. The van der Waals surface area contributed by atoms with E-state index >= 15 is 0 Å². The zero-order chi connectivity index (χ0) is 20.7. The number of nitrogens with one attached hydrogen (secondary N) is 2. The summed E-state index contributed by atoms with van der Waals surface area (Å²) >= 11 is 0. The fraction of sp³-hybridized carbons (Fsp3) is 0.130. The smallest absolute Gasteiger partial charge is 0.274 e. The van der Waals surface area contributed by atoms with Gasteiger partial charge in [-0.2, -0.15) is 0 Å². The van der Waals surface area contributed by atoms with Crippen LogP contribution in [0.25, 0.3) is 0 Å². The molecule has 0 saturated heterocycles. The first-order chi connectivity index (χ1) is 14.2. The van der Waals surface area contributed by atoms with E-state index in [0.29, 0.717) is 12.2 Å². The maximum Gasteiger partial charge on any atom is 0.274 e. The van der Waals surface area contributed by atoms with E-state index in [1.165, 1.54) is 35.3 Å². The Bertz CT molecular complexity index is 826. The van der Waals surface area contributed by atoms with Crippen molar-refractivity contribution in [3.05, 3.63) is 108 Å². The summed E-state index contributed by atoms with van der Waals surface area (Å²) in [6.45, 7) is 0.408. The molecule has 29 heavy (non-hydrogen) atoms. The lowest BCUT2D eigenvalue weighted by Gasteiger charge is -2.06. The Labute approximate surface area is 170 Å². The van der Waals surface area contributed by atoms with Gasteiger partial charge in [0.25, 0.3) is 11.8 Å². The molecule has 150 valence electrons. The minimum atomic E-state index is -0.630. The second-order valence-corrected chi connectivity index (χ2v) is 6.04. The van der Waals surface area contributed by atoms with Crippen LogP contribution in [0, 0.1) is 0 Å². The van der Waals surface area contributed by atoms with Crippen LogP contribution >= 0.6 is 0 Å². The molecule has 3 aromatic rings. The molecule has 0 heterocycles. The van der Waals surface area contributed by atoms with Crippen LogP contribution in [-0.2, 0) is 11.3 Å². The molecule has 3 aromatic carbocycles. The van der Waals surface area contributed by atoms with Crippen molar-refractivity contribution in [2.24, 2.45) is 0 Å². The molecule has 2 amide bonds. The normalized spacial score (nSPS) is 9.69. The monoisotopic (exact) mass is 392 g/mol. The number of carbonyl (C=O) groups is 2.